The van der Waals surface area contributed by atoms with Crippen molar-refractivity contribution in [2.45, 2.75) is 44.9 Å². The fourth-order valence-corrected chi connectivity index (χ4v) is 2.99. The fraction of sp³-hybridized carbons (Fsp3) is 0.500. The average Bonchev–Trinajstić information content (AvgIpc) is 2.45. The van der Waals surface area contributed by atoms with Gasteiger partial charge in [-0.05, 0) is 37.0 Å². The first-order chi connectivity index (χ1) is 9.55. The van der Waals surface area contributed by atoms with Gasteiger partial charge in [0.05, 0.1) is 5.41 Å². The number of nitrogens with zero attached hydrogens (tertiary/aromatic N) is 1. The number of rotatable bonds is 4. The van der Waals surface area contributed by atoms with Gasteiger partial charge in [0.1, 0.15) is 0 Å². The molecule has 0 saturated carbocycles. The number of piperidine rings is 1. The lowest BCUT2D eigenvalue weighted by molar-refractivity contribution is -0.153. The highest BCUT2D eigenvalue weighted by atomic mass is 16.2. The number of carbonyl (C=O) groups excluding carboxylic acids is 2. The van der Waals surface area contributed by atoms with E-state index in [2.05, 4.69) is 0 Å². The Kier molecular flexibility index (Phi) is 4.12. The molecule has 4 heteroatoms. The van der Waals surface area contributed by atoms with Crippen LogP contribution in [0.4, 0.5) is 5.69 Å². The molecule has 1 aromatic carbocycles. The number of amides is 2. The van der Waals surface area contributed by atoms with Gasteiger partial charge < -0.3 is 5.73 Å². The van der Waals surface area contributed by atoms with E-state index in [1.54, 1.807) is 0 Å². The van der Waals surface area contributed by atoms with E-state index in [0.717, 1.165) is 12.0 Å². The van der Waals surface area contributed by atoms with E-state index in [9.17, 15) is 9.59 Å². The van der Waals surface area contributed by atoms with Crippen LogP contribution in [0.2, 0.25) is 0 Å². The molecule has 0 aromatic heterocycles. The van der Waals surface area contributed by atoms with Crippen molar-refractivity contribution >= 4 is 17.5 Å². The van der Waals surface area contributed by atoms with Gasteiger partial charge in [0.2, 0.25) is 11.8 Å². The summed E-state index contributed by atoms with van der Waals surface area (Å²) in [5.41, 5.74) is 6.80. The molecule has 0 aliphatic carbocycles. The molecule has 1 aromatic rings. The summed E-state index contributed by atoms with van der Waals surface area (Å²) in [5, 5.41) is 0. The second-order valence-electron chi connectivity index (χ2n) is 5.41. The molecule has 1 atom stereocenters. The molecule has 0 bridgehead atoms. The predicted molar refractivity (Wildman–Crippen MR) is 79.1 cm³/mol. The highest BCUT2D eigenvalue weighted by Gasteiger charge is 2.46. The first-order valence-corrected chi connectivity index (χ1v) is 7.26. The van der Waals surface area contributed by atoms with Crippen LogP contribution in [0.5, 0.6) is 0 Å². The SMILES string of the molecule is CCCN1C(=O)CCC(CC)(c2ccc(N)cc2)C1=O. The first-order valence-electron chi connectivity index (χ1n) is 7.26. The van der Waals surface area contributed by atoms with E-state index in [1.807, 2.05) is 38.1 Å². The fourth-order valence-electron chi connectivity index (χ4n) is 2.99. The minimum absolute atomic E-state index is 0.0450. The normalized spacial score (nSPS) is 23.2. The van der Waals surface area contributed by atoms with Crippen molar-refractivity contribution in [3.8, 4) is 0 Å². The van der Waals surface area contributed by atoms with E-state index in [1.165, 1.54) is 4.90 Å². The maximum absolute atomic E-state index is 12.8. The summed E-state index contributed by atoms with van der Waals surface area (Å²) in [6.45, 7) is 4.49. The smallest absolute Gasteiger partial charge is 0.239 e. The minimum atomic E-state index is -0.573. The van der Waals surface area contributed by atoms with E-state index in [0.29, 0.717) is 31.5 Å². The van der Waals surface area contributed by atoms with Gasteiger partial charge in [0, 0.05) is 18.7 Å². The molecule has 2 rings (SSSR count). The van der Waals surface area contributed by atoms with Crippen LogP contribution in [0.25, 0.3) is 0 Å². The van der Waals surface area contributed by atoms with Crippen LogP contribution in [0.15, 0.2) is 24.3 Å². The molecule has 2 N–H and O–H groups in total. The van der Waals surface area contributed by atoms with Crippen molar-refractivity contribution in [1.29, 1.82) is 0 Å². The number of carbonyl (C=O) groups is 2. The van der Waals surface area contributed by atoms with Gasteiger partial charge in [-0.1, -0.05) is 26.0 Å². The predicted octanol–water partition coefficient (Wildman–Crippen LogP) is 2.48. The Morgan fingerprint density at radius 1 is 1.20 bits per heavy atom. The van der Waals surface area contributed by atoms with Gasteiger partial charge in [0.15, 0.2) is 0 Å². The maximum Gasteiger partial charge on any atom is 0.239 e. The van der Waals surface area contributed by atoms with E-state index in [-0.39, 0.29) is 11.8 Å². The van der Waals surface area contributed by atoms with Crippen molar-refractivity contribution in [3.63, 3.8) is 0 Å². The van der Waals surface area contributed by atoms with E-state index >= 15 is 0 Å². The Hall–Kier alpha value is -1.84. The lowest BCUT2D eigenvalue weighted by atomic mass is 9.71. The second kappa shape index (κ2) is 5.65. The van der Waals surface area contributed by atoms with Crippen LogP contribution < -0.4 is 5.73 Å². The molecule has 2 amide bonds. The van der Waals surface area contributed by atoms with Gasteiger partial charge >= 0.3 is 0 Å². The minimum Gasteiger partial charge on any atom is -0.399 e. The van der Waals surface area contributed by atoms with Crippen LogP contribution in [-0.2, 0) is 15.0 Å². The van der Waals surface area contributed by atoms with Crippen LogP contribution in [-0.4, -0.2) is 23.3 Å². The van der Waals surface area contributed by atoms with Gasteiger partial charge in [-0.15, -0.1) is 0 Å². The summed E-state index contributed by atoms with van der Waals surface area (Å²) in [4.78, 5) is 26.2. The zero-order valence-corrected chi connectivity index (χ0v) is 12.2. The number of nitrogen functional groups attached to an aromatic ring is 1. The molecule has 1 saturated heterocycles. The summed E-state index contributed by atoms with van der Waals surface area (Å²) in [7, 11) is 0. The molecule has 1 unspecified atom stereocenters. The third-order valence-electron chi connectivity index (χ3n) is 4.24. The van der Waals surface area contributed by atoms with E-state index in [4.69, 9.17) is 5.73 Å². The van der Waals surface area contributed by atoms with Crippen LogP contribution in [0.3, 0.4) is 0 Å². The van der Waals surface area contributed by atoms with Crippen LogP contribution in [0, 0.1) is 0 Å². The van der Waals surface area contributed by atoms with Crippen molar-refractivity contribution in [2.24, 2.45) is 0 Å². The number of hydrogen-bond donors (Lipinski definition) is 1. The number of benzene rings is 1. The Bertz CT molecular complexity index is 510. The number of anilines is 1. The van der Waals surface area contributed by atoms with Gasteiger partial charge in [0.25, 0.3) is 0 Å². The molecule has 1 heterocycles. The molecule has 20 heavy (non-hydrogen) atoms. The zero-order valence-electron chi connectivity index (χ0n) is 12.2. The molecule has 0 spiro atoms. The van der Waals surface area contributed by atoms with E-state index < -0.39 is 5.41 Å². The monoisotopic (exact) mass is 274 g/mol. The highest BCUT2D eigenvalue weighted by Crippen LogP contribution is 2.39. The summed E-state index contributed by atoms with van der Waals surface area (Å²) < 4.78 is 0. The standard InChI is InChI=1S/C16H22N2O2/c1-3-11-18-14(19)9-10-16(4-2,15(18)20)12-5-7-13(17)8-6-12/h5-8H,3-4,9-11,17H2,1-2H3. The number of nitrogens with two attached hydrogens (primary N) is 1. The Labute approximate surface area is 119 Å². The highest BCUT2D eigenvalue weighted by molar-refractivity contribution is 6.03. The topological polar surface area (TPSA) is 63.4 Å². The number of likely N-dealkylation sites (tertiary alicyclic amines) is 1. The summed E-state index contributed by atoms with van der Waals surface area (Å²) >= 11 is 0. The third kappa shape index (κ3) is 2.30. The maximum atomic E-state index is 12.8. The number of imide groups is 1. The molecular formula is C16H22N2O2. The molecule has 108 valence electrons. The average molecular weight is 274 g/mol. The molecule has 4 nitrogen and oxygen atoms in total. The summed E-state index contributed by atoms with van der Waals surface area (Å²) in [6, 6.07) is 7.47. The Balaban J connectivity index is 2.41. The van der Waals surface area contributed by atoms with Crippen molar-refractivity contribution in [3.05, 3.63) is 29.8 Å². The third-order valence-corrected chi connectivity index (χ3v) is 4.24. The Morgan fingerprint density at radius 3 is 2.40 bits per heavy atom. The Morgan fingerprint density at radius 2 is 1.85 bits per heavy atom. The first kappa shape index (κ1) is 14.6. The lowest BCUT2D eigenvalue weighted by Crippen LogP contribution is -2.53. The number of hydrogen-bond acceptors (Lipinski definition) is 3. The van der Waals surface area contributed by atoms with Crippen molar-refractivity contribution < 1.29 is 9.59 Å². The largest absolute Gasteiger partial charge is 0.399 e. The summed E-state index contributed by atoms with van der Waals surface area (Å²) in [6.07, 6.45) is 2.51. The zero-order chi connectivity index (χ0) is 14.8. The van der Waals surface area contributed by atoms with Gasteiger partial charge in [-0.2, -0.15) is 0 Å². The lowest BCUT2D eigenvalue weighted by Gasteiger charge is -2.40. The second-order valence-corrected chi connectivity index (χ2v) is 5.41. The molecule has 1 aliphatic rings. The van der Waals surface area contributed by atoms with Gasteiger partial charge in [-0.3, -0.25) is 14.5 Å². The van der Waals surface area contributed by atoms with Crippen molar-refractivity contribution in [2.75, 3.05) is 12.3 Å². The molecule has 1 aliphatic heterocycles. The molecule has 1 fully saturated rings. The molecule has 0 radical (unpaired) electrons. The van der Waals surface area contributed by atoms with Gasteiger partial charge in [-0.25, -0.2) is 0 Å². The van der Waals surface area contributed by atoms with Crippen molar-refractivity contribution in [1.82, 2.24) is 4.90 Å². The summed E-state index contributed by atoms with van der Waals surface area (Å²) in [5.74, 6) is -0.0979. The van der Waals surface area contributed by atoms with Crippen LogP contribution in [0.1, 0.15) is 45.1 Å². The quantitative estimate of drug-likeness (QED) is 0.677. The van der Waals surface area contributed by atoms with Crippen LogP contribution >= 0.6 is 0 Å². The molecular weight excluding hydrogens is 252 g/mol.